The van der Waals surface area contributed by atoms with Gasteiger partial charge in [0.25, 0.3) is 11.8 Å². The van der Waals surface area contributed by atoms with Crippen LogP contribution in [0, 0.1) is 30.0 Å². The molecule has 3 aromatic carbocycles. The predicted molar refractivity (Wildman–Crippen MR) is 278 cm³/mol. The van der Waals surface area contributed by atoms with Crippen molar-refractivity contribution in [1.29, 1.82) is 0 Å². The van der Waals surface area contributed by atoms with Crippen LogP contribution < -0.4 is 36.5 Å². The topological polar surface area (TPSA) is 290 Å². The zero-order chi connectivity index (χ0) is 53.5. The van der Waals surface area contributed by atoms with E-state index in [1.54, 1.807) is 62.7 Å². The van der Waals surface area contributed by atoms with E-state index in [-0.39, 0.29) is 89.7 Å². The summed E-state index contributed by atoms with van der Waals surface area (Å²) < 4.78 is 47.5. The van der Waals surface area contributed by atoms with Crippen molar-refractivity contribution in [2.45, 2.75) is 85.6 Å². The number of hydrogen-bond acceptors (Lipinski definition) is 14. The summed E-state index contributed by atoms with van der Waals surface area (Å²) in [7, 11) is -3.74. The van der Waals surface area contributed by atoms with E-state index >= 15 is 0 Å². The number of nitrogens with one attached hydrogen (secondary N) is 6. The van der Waals surface area contributed by atoms with Crippen molar-refractivity contribution in [3.05, 3.63) is 124 Å². The number of anilines is 3. The van der Waals surface area contributed by atoms with Crippen molar-refractivity contribution in [2.24, 2.45) is 23.0 Å². The van der Waals surface area contributed by atoms with E-state index in [1.807, 2.05) is 31.2 Å². The number of aryl methyl sites for hydroxylation is 1. The average Bonchev–Trinajstić information content (AvgIpc) is 4.11. The van der Waals surface area contributed by atoms with Crippen molar-refractivity contribution >= 4 is 68.1 Å². The summed E-state index contributed by atoms with van der Waals surface area (Å²) in [5.41, 5.74) is 11.0. The highest BCUT2D eigenvalue weighted by Crippen LogP contribution is 2.39. The molecule has 0 saturated heterocycles. The first kappa shape index (κ1) is 54.2. The second-order valence-corrected chi connectivity index (χ2v) is 21.9. The molecule has 5 atom stereocenters. The molecule has 22 heteroatoms. The first-order valence-electron chi connectivity index (χ1n) is 23.9. The molecule has 4 amide bonds. The van der Waals surface area contributed by atoms with Gasteiger partial charge in [0, 0.05) is 37.2 Å². The number of nitrogens with zero attached hydrogens (tertiary/aromatic N) is 3. The Morgan fingerprint density at radius 3 is 2.28 bits per heavy atom. The Bertz CT molecular complexity index is 3120. The van der Waals surface area contributed by atoms with E-state index in [0.717, 1.165) is 21.7 Å². The van der Waals surface area contributed by atoms with Crippen LogP contribution in [0.3, 0.4) is 0 Å². The number of aliphatic hydroxyl groups excluding tert-OH is 1. The number of halogens is 1. The number of Topliss-reactive ketones (excluding diaryl/α,β-unsaturated/α-hetero) is 1. The fraction of sp³-hybridized carbons (Fsp3) is 0.346. The molecule has 7 rings (SSSR count). The van der Waals surface area contributed by atoms with Crippen LogP contribution in [-0.4, -0.2) is 87.5 Å². The van der Waals surface area contributed by atoms with Gasteiger partial charge in [0.05, 0.1) is 56.8 Å². The first-order chi connectivity index (χ1) is 35.1. The van der Waals surface area contributed by atoms with Gasteiger partial charge in [-0.1, -0.05) is 63.2 Å². The van der Waals surface area contributed by atoms with Crippen molar-refractivity contribution in [2.75, 3.05) is 22.3 Å². The molecule has 6 aromatic rings. The molecule has 74 heavy (non-hydrogen) atoms. The Morgan fingerprint density at radius 2 is 1.65 bits per heavy atom. The van der Waals surface area contributed by atoms with Crippen LogP contribution in [0.4, 0.5) is 21.7 Å². The van der Waals surface area contributed by atoms with Crippen LogP contribution in [0.2, 0.25) is 0 Å². The summed E-state index contributed by atoms with van der Waals surface area (Å²) in [5, 5.41) is 29.1. The number of hydrogen-bond donors (Lipinski definition) is 8. The van der Waals surface area contributed by atoms with Gasteiger partial charge in [-0.3, -0.25) is 33.8 Å². The number of sulfonamides is 1. The lowest BCUT2D eigenvalue weighted by atomic mass is 9.77. The number of aromatic nitrogens is 4. The number of carbonyl (C=O) groups excluding carboxylic acids is 5. The lowest BCUT2D eigenvalue weighted by Crippen LogP contribution is -2.53. The summed E-state index contributed by atoms with van der Waals surface area (Å²) in [6, 6.07) is 19.9. The number of benzene rings is 3. The Morgan fingerprint density at radius 1 is 0.946 bits per heavy atom. The molecule has 0 spiro atoms. The van der Waals surface area contributed by atoms with Gasteiger partial charge in [-0.05, 0) is 92.1 Å². The van der Waals surface area contributed by atoms with E-state index < -0.39 is 69.1 Å². The number of primary amides is 1. The highest BCUT2D eigenvalue weighted by molar-refractivity contribution is 7.92. The van der Waals surface area contributed by atoms with E-state index in [0.29, 0.717) is 11.1 Å². The summed E-state index contributed by atoms with van der Waals surface area (Å²) in [6.45, 7) is 10.7. The average molecular weight is 1050 g/mol. The lowest BCUT2D eigenvalue weighted by Gasteiger charge is -2.33. The minimum Gasteiger partial charge on any atom is -0.484 e. The van der Waals surface area contributed by atoms with E-state index in [9.17, 15) is 41.9 Å². The molecule has 0 aliphatic heterocycles. The highest BCUT2D eigenvalue weighted by atomic mass is 32.2. The Balaban J connectivity index is 0.942. The highest BCUT2D eigenvalue weighted by Gasteiger charge is 2.46. The number of rotatable bonds is 21. The molecule has 1 aliphatic carbocycles. The number of carbonyl (C=O) groups is 5. The fourth-order valence-corrected chi connectivity index (χ4v) is 10.00. The third-order valence-corrected chi connectivity index (χ3v) is 14.9. The third-order valence-electron chi connectivity index (χ3n) is 12.6. The van der Waals surface area contributed by atoms with Crippen LogP contribution in [0.25, 0.3) is 21.7 Å². The zero-order valence-corrected chi connectivity index (χ0v) is 43.2. The number of pyridine rings is 1. The number of H-pyrrole nitrogens is 1. The number of ketones is 1. The van der Waals surface area contributed by atoms with E-state index in [1.165, 1.54) is 49.5 Å². The number of thiazole rings is 1. The quantitative estimate of drug-likeness (QED) is 0.0372. The molecule has 9 N–H and O–H groups in total. The first-order valence-corrected chi connectivity index (χ1v) is 26.4. The molecule has 390 valence electrons. The van der Waals surface area contributed by atoms with Gasteiger partial charge >= 0.3 is 0 Å². The largest absolute Gasteiger partial charge is 0.484 e. The van der Waals surface area contributed by atoms with Crippen LogP contribution in [0.5, 0.6) is 5.75 Å². The van der Waals surface area contributed by atoms with Crippen molar-refractivity contribution in [3.63, 3.8) is 0 Å². The molecule has 1 fully saturated rings. The molecule has 0 bridgehead atoms. The predicted octanol–water partition coefficient (Wildman–Crippen LogP) is 6.71. The second-order valence-electron chi connectivity index (χ2n) is 19.1. The molecule has 1 unspecified atom stereocenters. The van der Waals surface area contributed by atoms with Gasteiger partial charge < -0.3 is 36.8 Å². The molecule has 0 radical (unpaired) electrons. The molecular weight excluding hydrogens is 992 g/mol. The van der Waals surface area contributed by atoms with Gasteiger partial charge in [0.1, 0.15) is 29.1 Å². The van der Waals surface area contributed by atoms with Gasteiger partial charge in [-0.15, -0.1) is 11.3 Å². The van der Waals surface area contributed by atoms with Crippen molar-refractivity contribution in [1.82, 2.24) is 36.1 Å². The maximum atomic E-state index is 14.2. The van der Waals surface area contributed by atoms with Crippen LogP contribution in [0.1, 0.15) is 97.5 Å². The zero-order valence-electron chi connectivity index (χ0n) is 41.6. The van der Waals surface area contributed by atoms with Crippen molar-refractivity contribution in [3.8, 4) is 27.4 Å². The van der Waals surface area contributed by atoms with Gasteiger partial charge in [-0.2, -0.15) is 5.10 Å². The fourth-order valence-electron chi connectivity index (χ4n) is 8.54. The number of amides is 4. The van der Waals surface area contributed by atoms with Crippen LogP contribution in [0.15, 0.2) is 90.6 Å². The normalized spacial score (nSPS) is 16.4. The molecule has 3 heterocycles. The lowest BCUT2D eigenvalue weighted by molar-refractivity contribution is -0.137. The SMILES string of the molecule is CCS(=O)(=O)Nc1ccc(-c2[nH]nc(Nc3ccc(C(=O)NCCC(=O)N[C@H](C(=O)C4C[C@H](O)C[C@H]4C(=O)NCc4ccc(-c5scnc5C)cc4)C(C)(C)C)cn3)c2C(N)=O)cc1O[C@@H](C)c1ccc(F)cc1. The number of ether oxygens (including phenoxy) is 1. The Labute approximate surface area is 431 Å². The Hall–Kier alpha value is -7.56. The van der Waals surface area contributed by atoms with Crippen LogP contribution in [-0.2, 0) is 31.0 Å². The van der Waals surface area contributed by atoms with E-state index in [4.69, 9.17) is 10.5 Å². The molecule has 1 aliphatic rings. The number of aliphatic hydroxyl groups is 1. The monoisotopic (exact) mass is 1050 g/mol. The van der Waals surface area contributed by atoms with Gasteiger partial charge in [-0.25, -0.2) is 22.8 Å². The smallest absolute Gasteiger partial charge is 0.254 e. The number of aromatic amines is 1. The minimum absolute atomic E-state index is 0.00341. The van der Waals surface area contributed by atoms with Gasteiger partial charge in [0.15, 0.2) is 11.6 Å². The molecule has 3 aromatic heterocycles. The summed E-state index contributed by atoms with van der Waals surface area (Å²) in [5.74, 6) is -4.61. The standard InChI is InChI=1S/C52H59FN10O9S2/c1-7-74(70,71)63-39-18-14-33(22-40(39)72-29(3)31-12-16-35(53)17-13-31)44-43(48(54)67)49(62-61-44)59-41-19-15-34(26-56-41)50(68)55-21-20-42(65)60-47(52(4,5)6)45(66)37-23-36(64)24-38(37)51(69)57-25-30-8-10-32(11-9-30)46-28(2)58-27-73-46/h8-19,22,26-27,29,36-38,47,63-64H,7,20-21,23-25H2,1-6H3,(H2,54,67)(H,55,68)(H,57,69)(H,60,65)(H2,56,59,61,62)/t29-,36-,37?,38+,47+/m0/s1. The van der Waals surface area contributed by atoms with E-state index in [2.05, 4.69) is 46.2 Å². The molecule has 19 nitrogen and oxygen atoms in total. The molecular formula is C52H59FN10O9S2. The van der Waals surface area contributed by atoms with Gasteiger partial charge in [0.2, 0.25) is 21.8 Å². The summed E-state index contributed by atoms with van der Waals surface area (Å²) in [6.07, 6.45) is -0.231. The third kappa shape index (κ3) is 13.3. The number of nitrogens with two attached hydrogens (primary N) is 1. The summed E-state index contributed by atoms with van der Waals surface area (Å²) in [4.78, 5) is 76.8. The maximum Gasteiger partial charge on any atom is 0.254 e. The maximum absolute atomic E-state index is 14.2. The van der Waals surface area contributed by atoms with Crippen molar-refractivity contribution < 1.29 is 46.6 Å². The van der Waals surface area contributed by atoms with Crippen LogP contribution >= 0.6 is 11.3 Å². The minimum atomic E-state index is -3.74. The Kier molecular flexibility index (Phi) is 16.9. The molecule has 1 saturated carbocycles. The summed E-state index contributed by atoms with van der Waals surface area (Å²) >= 11 is 1.55. The second kappa shape index (κ2) is 23.1.